The smallest absolute Gasteiger partial charge is 0.408 e. The SMILES string of the molecule is C[C@@H](O)[C@H](NC(=O)OCc1ccc([N+](=O)[O-])cc1CC12CCC(CC1)OC2)C(=O)O. The summed E-state index contributed by atoms with van der Waals surface area (Å²) in [6.07, 6.45) is 2.49. The molecular formula is C20H26N2O8. The van der Waals surface area contributed by atoms with E-state index in [1.54, 1.807) is 6.07 Å². The Morgan fingerprint density at radius 2 is 2.07 bits per heavy atom. The summed E-state index contributed by atoms with van der Waals surface area (Å²) in [6.45, 7) is 1.68. The average Bonchev–Trinajstić information content (AvgIpc) is 2.71. The number of alkyl carbamates (subject to hydrolysis) is 1. The largest absolute Gasteiger partial charge is 0.480 e. The van der Waals surface area contributed by atoms with E-state index in [0.29, 0.717) is 30.3 Å². The number of nitro benzene ring substituents is 1. The number of non-ortho nitro benzene ring substituents is 1. The summed E-state index contributed by atoms with van der Waals surface area (Å²) < 4.78 is 11.0. The number of aliphatic carboxylic acids is 1. The van der Waals surface area contributed by atoms with E-state index in [-0.39, 0.29) is 17.7 Å². The highest BCUT2D eigenvalue weighted by Crippen LogP contribution is 2.45. The van der Waals surface area contributed by atoms with Crippen LogP contribution in [0.1, 0.15) is 43.7 Å². The monoisotopic (exact) mass is 422 g/mol. The Morgan fingerprint density at radius 3 is 2.60 bits per heavy atom. The van der Waals surface area contributed by atoms with E-state index in [2.05, 4.69) is 5.32 Å². The van der Waals surface area contributed by atoms with Crippen molar-refractivity contribution in [3.05, 3.63) is 39.4 Å². The number of benzene rings is 1. The fourth-order valence-corrected chi connectivity index (χ4v) is 4.17. The third-order valence-corrected chi connectivity index (χ3v) is 5.97. The summed E-state index contributed by atoms with van der Waals surface area (Å²) in [6, 6.07) is 2.90. The number of nitrogens with one attached hydrogen (secondary N) is 1. The van der Waals surface area contributed by atoms with Crippen molar-refractivity contribution in [2.45, 2.75) is 63.9 Å². The Labute approximate surface area is 173 Å². The predicted molar refractivity (Wildman–Crippen MR) is 104 cm³/mol. The van der Waals surface area contributed by atoms with Crippen LogP contribution in [-0.2, 0) is 27.3 Å². The normalized spacial score (nSPS) is 24.7. The maximum absolute atomic E-state index is 12.0. The topological polar surface area (TPSA) is 148 Å². The maximum Gasteiger partial charge on any atom is 0.408 e. The molecule has 0 spiro atoms. The van der Waals surface area contributed by atoms with E-state index in [9.17, 15) is 24.8 Å². The Balaban J connectivity index is 1.73. The molecule has 1 aromatic carbocycles. The lowest BCUT2D eigenvalue weighted by Gasteiger charge is -2.46. The Kier molecular flexibility index (Phi) is 6.57. The highest BCUT2D eigenvalue weighted by molar-refractivity contribution is 5.80. The van der Waals surface area contributed by atoms with Gasteiger partial charge < -0.3 is 25.0 Å². The molecule has 2 saturated heterocycles. The molecule has 0 aromatic heterocycles. The molecule has 10 heteroatoms. The molecule has 2 heterocycles. The van der Waals surface area contributed by atoms with Crippen LogP contribution in [0.3, 0.4) is 0 Å². The van der Waals surface area contributed by atoms with Crippen LogP contribution >= 0.6 is 0 Å². The molecule has 164 valence electrons. The molecule has 3 aliphatic rings. The minimum atomic E-state index is -1.50. The third kappa shape index (κ3) is 5.06. The molecule has 2 bridgehead atoms. The van der Waals surface area contributed by atoms with Crippen LogP contribution in [0.15, 0.2) is 18.2 Å². The van der Waals surface area contributed by atoms with Crippen LogP contribution in [-0.4, -0.2) is 52.1 Å². The van der Waals surface area contributed by atoms with Gasteiger partial charge in [0.1, 0.15) is 6.61 Å². The first kappa shape index (κ1) is 22.0. The van der Waals surface area contributed by atoms with Crippen LogP contribution in [0.2, 0.25) is 0 Å². The van der Waals surface area contributed by atoms with Crippen molar-refractivity contribution in [3.63, 3.8) is 0 Å². The zero-order valence-electron chi connectivity index (χ0n) is 16.7. The predicted octanol–water partition coefficient (Wildman–Crippen LogP) is 2.16. The minimum absolute atomic E-state index is 0.0416. The number of carboxylic acid groups (broad SMARTS) is 1. The zero-order valence-corrected chi connectivity index (χ0v) is 16.7. The van der Waals surface area contributed by atoms with Crippen molar-refractivity contribution < 1.29 is 34.2 Å². The van der Waals surface area contributed by atoms with Gasteiger partial charge in [0.15, 0.2) is 6.04 Å². The number of fused-ring (bicyclic) bond motifs is 3. The number of aliphatic hydroxyl groups excluding tert-OH is 1. The van der Waals surface area contributed by atoms with Crippen molar-refractivity contribution in [2.24, 2.45) is 5.41 Å². The number of carbonyl (C=O) groups excluding carboxylic acids is 1. The van der Waals surface area contributed by atoms with Gasteiger partial charge in [-0.2, -0.15) is 0 Å². The number of aliphatic hydroxyl groups is 1. The van der Waals surface area contributed by atoms with Crippen LogP contribution in [0.5, 0.6) is 0 Å². The fraction of sp³-hybridized carbons (Fsp3) is 0.600. The van der Waals surface area contributed by atoms with Crippen molar-refractivity contribution in [1.82, 2.24) is 5.32 Å². The average molecular weight is 422 g/mol. The number of hydrogen-bond donors (Lipinski definition) is 3. The molecule has 2 atom stereocenters. The van der Waals surface area contributed by atoms with Gasteiger partial charge in [0.05, 0.1) is 23.7 Å². The second-order valence-electron chi connectivity index (χ2n) is 8.17. The lowest BCUT2D eigenvalue weighted by atomic mass is 9.67. The van der Waals surface area contributed by atoms with Gasteiger partial charge in [-0.05, 0) is 61.6 Å². The van der Waals surface area contributed by atoms with Crippen molar-refractivity contribution >= 4 is 17.7 Å². The first-order chi connectivity index (χ1) is 14.2. The molecule has 4 rings (SSSR count). The van der Waals surface area contributed by atoms with Gasteiger partial charge in [-0.1, -0.05) is 0 Å². The quantitative estimate of drug-likeness (QED) is 0.426. The number of carboxylic acids is 1. The molecule has 0 unspecified atom stereocenters. The molecule has 2 aliphatic heterocycles. The Morgan fingerprint density at radius 1 is 1.37 bits per heavy atom. The van der Waals surface area contributed by atoms with Gasteiger partial charge in [-0.15, -0.1) is 0 Å². The summed E-state index contributed by atoms with van der Waals surface area (Å²) in [5, 5.41) is 31.8. The van der Waals surface area contributed by atoms with Gasteiger partial charge in [0.2, 0.25) is 0 Å². The highest BCUT2D eigenvalue weighted by atomic mass is 16.6. The number of carbonyl (C=O) groups is 2. The van der Waals surface area contributed by atoms with Gasteiger partial charge in [0.25, 0.3) is 5.69 Å². The number of rotatable bonds is 8. The highest BCUT2D eigenvalue weighted by Gasteiger charge is 2.41. The third-order valence-electron chi connectivity index (χ3n) is 5.97. The molecule has 10 nitrogen and oxygen atoms in total. The van der Waals surface area contributed by atoms with E-state index in [0.717, 1.165) is 25.7 Å². The summed E-state index contributed by atoms with van der Waals surface area (Å²) >= 11 is 0. The summed E-state index contributed by atoms with van der Waals surface area (Å²) in [5.41, 5.74) is 1.20. The van der Waals surface area contributed by atoms with Gasteiger partial charge in [-0.3, -0.25) is 10.1 Å². The van der Waals surface area contributed by atoms with Gasteiger partial charge in [-0.25, -0.2) is 9.59 Å². The van der Waals surface area contributed by atoms with E-state index < -0.39 is 29.1 Å². The number of nitro groups is 1. The van der Waals surface area contributed by atoms with E-state index >= 15 is 0 Å². The van der Waals surface area contributed by atoms with E-state index in [1.807, 2.05) is 0 Å². The Bertz CT molecular complexity index is 803. The lowest BCUT2D eigenvalue weighted by Crippen LogP contribution is -2.47. The first-order valence-electron chi connectivity index (χ1n) is 9.91. The standard InChI is InChI=1S/C20H26N2O8/c1-12(23)17(18(24)25)21-19(26)29-10-13-2-3-15(22(27)28)8-14(13)9-20-6-4-16(5-7-20)30-11-20/h2-3,8,12,16-17,23H,4-7,9-11H2,1H3,(H,21,26)(H,24,25)/t12-,16?,17+,20?/m1/s1. The second kappa shape index (κ2) is 8.97. The molecule has 30 heavy (non-hydrogen) atoms. The molecule has 1 saturated carbocycles. The molecular weight excluding hydrogens is 396 g/mol. The zero-order chi connectivity index (χ0) is 21.9. The minimum Gasteiger partial charge on any atom is -0.480 e. The molecule has 0 radical (unpaired) electrons. The second-order valence-corrected chi connectivity index (χ2v) is 8.17. The molecule has 1 amide bonds. The van der Waals surface area contributed by atoms with Crippen LogP contribution in [0.25, 0.3) is 0 Å². The van der Waals surface area contributed by atoms with Crippen LogP contribution in [0, 0.1) is 15.5 Å². The molecule has 3 fully saturated rings. The van der Waals surface area contributed by atoms with Crippen LogP contribution in [0.4, 0.5) is 10.5 Å². The number of ether oxygens (including phenoxy) is 2. The molecule has 1 aromatic rings. The summed E-state index contributed by atoms with van der Waals surface area (Å²) in [5.74, 6) is -1.38. The van der Waals surface area contributed by atoms with Crippen molar-refractivity contribution in [1.29, 1.82) is 0 Å². The van der Waals surface area contributed by atoms with E-state index in [1.165, 1.54) is 19.1 Å². The first-order valence-corrected chi connectivity index (χ1v) is 9.91. The van der Waals surface area contributed by atoms with E-state index in [4.69, 9.17) is 14.6 Å². The van der Waals surface area contributed by atoms with Crippen molar-refractivity contribution in [3.8, 4) is 0 Å². The van der Waals surface area contributed by atoms with Gasteiger partial charge >= 0.3 is 12.1 Å². The molecule has 3 N–H and O–H groups in total. The van der Waals surface area contributed by atoms with Gasteiger partial charge in [0, 0.05) is 12.1 Å². The number of nitrogens with zero attached hydrogens (tertiary/aromatic N) is 1. The lowest BCUT2D eigenvalue weighted by molar-refractivity contribution is -0.385. The Hall–Kier alpha value is -2.72. The fourth-order valence-electron chi connectivity index (χ4n) is 4.17. The summed E-state index contributed by atoms with van der Waals surface area (Å²) in [7, 11) is 0. The summed E-state index contributed by atoms with van der Waals surface area (Å²) in [4.78, 5) is 33.9. The maximum atomic E-state index is 12.0. The number of amides is 1. The van der Waals surface area contributed by atoms with Crippen molar-refractivity contribution in [2.75, 3.05) is 6.61 Å². The van der Waals surface area contributed by atoms with Crippen LogP contribution < -0.4 is 5.32 Å². The number of hydrogen-bond acceptors (Lipinski definition) is 7. The molecule has 1 aliphatic carbocycles.